The van der Waals surface area contributed by atoms with Gasteiger partial charge in [-0.25, -0.2) is 0 Å². The predicted molar refractivity (Wildman–Crippen MR) is 299 cm³/mol. The molecule has 7 fully saturated rings. The summed E-state index contributed by atoms with van der Waals surface area (Å²) in [4.78, 5) is 62.6. The molecule has 40 nitrogen and oxygen atoms in total. The van der Waals surface area contributed by atoms with Gasteiger partial charge in [-0.2, -0.15) is 0 Å². The van der Waals surface area contributed by atoms with Crippen molar-refractivity contribution < 1.29 is 177 Å². The number of aliphatic hydroxyl groups excluding tert-OH is 18. The first kappa shape index (κ1) is 78.1. The van der Waals surface area contributed by atoms with Gasteiger partial charge in [0.25, 0.3) is 0 Å². The van der Waals surface area contributed by atoms with Gasteiger partial charge < -0.3 is 175 Å². The summed E-state index contributed by atoms with van der Waals surface area (Å²) >= 11 is 3.04. The molecule has 41 heteroatoms. The summed E-state index contributed by atoms with van der Waals surface area (Å²) in [6.45, 7) is -3.05. The highest BCUT2D eigenvalue weighted by Crippen LogP contribution is 2.38. The van der Waals surface area contributed by atoms with Crippen molar-refractivity contribution in [3.63, 3.8) is 0 Å². The van der Waals surface area contributed by atoms with Crippen LogP contribution in [0.1, 0.15) is 34.1 Å². The molecule has 542 valence electrons. The number of Topliss-reactive ketones (excluding diaryl/α,β-unsaturated/α-hetero) is 1. The van der Waals surface area contributed by atoms with E-state index in [9.17, 15) is 116 Å². The van der Waals surface area contributed by atoms with Crippen molar-refractivity contribution >= 4 is 45.3 Å². The molecule has 7 rings (SSSR count). The van der Waals surface area contributed by atoms with E-state index in [0.717, 1.165) is 27.7 Å². The van der Waals surface area contributed by atoms with Gasteiger partial charge in [-0.15, -0.1) is 0 Å². The van der Waals surface area contributed by atoms with Crippen molar-refractivity contribution in [3.8, 4) is 0 Å². The Kier molecular flexibility index (Phi) is 28.9. The molecule has 7 heterocycles. The maximum absolute atomic E-state index is 12.9. The smallest absolute Gasteiger partial charge is 0.217 e. The summed E-state index contributed by atoms with van der Waals surface area (Å²) in [7, 11) is 0. The fourth-order valence-corrected chi connectivity index (χ4v) is 12.3. The minimum atomic E-state index is -2.45. The highest BCUT2D eigenvalue weighted by Gasteiger charge is 2.59. The molecule has 0 spiro atoms. The van der Waals surface area contributed by atoms with Crippen LogP contribution in [0.2, 0.25) is 0 Å². The van der Waals surface area contributed by atoms with Gasteiger partial charge >= 0.3 is 0 Å². The van der Waals surface area contributed by atoms with Crippen molar-refractivity contribution in [3.05, 3.63) is 0 Å². The molecular weight excluding hydrogens is 1350 g/mol. The summed E-state index contributed by atoms with van der Waals surface area (Å²) in [5, 5.41) is 209. The number of carbonyl (C=O) groups excluding carboxylic acids is 5. The minimum absolute atomic E-state index is 0.152. The third-order valence-electron chi connectivity index (χ3n) is 16.8. The van der Waals surface area contributed by atoms with Gasteiger partial charge in [0.1, 0.15) is 170 Å². The fraction of sp³-hybridized carbons (Fsp3) is 0.906. The normalized spacial score (nSPS) is 46.1. The van der Waals surface area contributed by atoms with E-state index in [1.165, 1.54) is 0 Å². The van der Waals surface area contributed by atoms with Gasteiger partial charge in [0, 0.05) is 34.1 Å². The second-order valence-corrected chi connectivity index (χ2v) is 24.1. The molecule has 0 bridgehead atoms. The Morgan fingerprint density at radius 2 is 0.638 bits per heavy atom. The lowest BCUT2D eigenvalue weighted by Gasteiger charge is -2.51. The van der Waals surface area contributed by atoms with E-state index in [0.29, 0.717) is 0 Å². The van der Waals surface area contributed by atoms with Crippen LogP contribution in [0.3, 0.4) is 0 Å². The maximum Gasteiger partial charge on any atom is 0.217 e. The molecule has 7 aliphatic heterocycles. The van der Waals surface area contributed by atoms with E-state index in [1.54, 1.807) is 0 Å². The number of hydrogen-bond donors (Lipinski definition) is 22. The number of amides is 4. The first-order valence-corrected chi connectivity index (χ1v) is 31.0. The molecule has 15 unspecified atom stereocenters. The molecule has 22 N–H and O–H groups in total. The molecule has 94 heavy (non-hydrogen) atoms. The summed E-state index contributed by atoms with van der Waals surface area (Å²) in [5.74, 6) is -3.65. The van der Waals surface area contributed by atoms with Gasteiger partial charge in [0.05, 0.1) is 63.7 Å². The van der Waals surface area contributed by atoms with Gasteiger partial charge in [0.2, 0.25) is 23.6 Å². The largest absolute Gasteiger partial charge is 0.394 e. The van der Waals surface area contributed by atoms with Gasteiger partial charge in [-0.1, -0.05) is 15.9 Å². The van der Waals surface area contributed by atoms with Crippen LogP contribution in [0.5, 0.6) is 0 Å². The molecule has 0 saturated carbocycles. The van der Waals surface area contributed by atoms with E-state index < -0.39 is 290 Å². The zero-order valence-corrected chi connectivity index (χ0v) is 52.4. The lowest BCUT2D eigenvalue weighted by Crippen LogP contribution is -2.70. The average Bonchev–Trinajstić information content (AvgIpc) is 0.778. The van der Waals surface area contributed by atoms with Crippen LogP contribution >= 0.6 is 15.9 Å². The Bertz CT molecular complexity index is 2460. The highest BCUT2D eigenvalue weighted by atomic mass is 79.9. The number of nitrogens with one attached hydrogen (secondary N) is 4. The van der Waals surface area contributed by atoms with Crippen molar-refractivity contribution in [2.75, 3.05) is 51.6 Å². The molecule has 35 atom stereocenters. The zero-order valence-electron chi connectivity index (χ0n) is 50.8. The molecular formula is C53H87BrN4O36. The number of hydrogen-bond acceptors (Lipinski definition) is 36. The molecule has 4 amide bonds. The Hall–Kier alpha value is -3.21. The third kappa shape index (κ3) is 17.9. The maximum atomic E-state index is 12.9. The van der Waals surface area contributed by atoms with Crippen molar-refractivity contribution in [2.24, 2.45) is 0 Å². The Balaban J connectivity index is 1.25. The number of alkyl halides is 1. The zero-order chi connectivity index (χ0) is 69.5. The molecule has 7 aliphatic rings. The Morgan fingerprint density at radius 1 is 0.319 bits per heavy atom. The highest BCUT2D eigenvalue weighted by molar-refractivity contribution is 9.09. The summed E-state index contributed by atoms with van der Waals surface area (Å²) < 4.78 is 77.7. The lowest BCUT2D eigenvalue weighted by atomic mass is 9.89. The van der Waals surface area contributed by atoms with Crippen LogP contribution in [-0.2, 0) is 85.6 Å². The van der Waals surface area contributed by atoms with E-state index in [2.05, 4.69) is 37.2 Å². The second-order valence-electron chi connectivity index (χ2n) is 23.6. The SMILES string of the molecule is CC(=O)NC1C(O)[C@H](O)C(CO)O[C@H]1OC1[C@@H](OCC2O[C@@H](O[C@@H]3C(CO)O[C@@H](O[C@@H]4C(CO)O[C@@H](CC(=O)CBr)C(NC(C)=O)[C@H]4O)C(NC(C)=O)[C@H]3O)C(O)[C@@H](O[C@@H]3OC(CO)[C@H](O)C(O)[C@@H]3O[C@@H]3OC(CO)[C@@H](O)[C@H](O)C3NC(C)=O)[C@@H]2O)OC(CO)[C@@H](O)[C@@H]1O. The van der Waals surface area contributed by atoms with Crippen molar-refractivity contribution in [2.45, 2.75) is 249 Å². The van der Waals surface area contributed by atoms with Gasteiger partial charge in [-0.3, -0.25) is 24.0 Å². The number of carbonyl (C=O) groups is 5. The van der Waals surface area contributed by atoms with Crippen LogP contribution in [0, 0.1) is 0 Å². The van der Waals surface area contributed by atoms with E-state index >= 15 is 0 Å². The van der Waals surface area contributed by atoms with Gasteiger partial charge in [0.15, 0.2) is 37.7 Å². The number of rotatable bonds is 26. The first-order valence-electron chi connectivity index (χ1n) is 29.9. The second kappa shape index (κ2) is 34.7. The number of aliphatic hydroxyl groups is 18. The number of ketones is 1. The van der Waals surface area contributed by atoms with Crippen molar-refractivity contribution in [1.29, 1.82) is 0 Å². The quantitative estimate of drug-likeness (QED) is 0.0358. The summed E-state index contributed by atoms with van der Waals surface area (Å²) in [6, 6.07) is -6.65. The topological polar surface area (TPSA) is 618 Å². The molecule has 0 aromatic carbocycles. The van der Waals surface area contributed by atoms with E-state index in [1.807, 2.05) is 0 Å². The lowest BCUT2D eigenvalue weighted by molar-refractivity contribution is -0.395. The first-order chi connectivity index (χ1) is 44.5. The molecule has 7 saturated heterocycles. The van der Waals surface area contributed by atoms with E-state index in [-0.39, 0.29) is 11.8 Å². The molecule has 0 aromatic rings. The number of halogens is 1. The van der Waals surface area contributed by atoms with Crippen LogP contribution in [0.4, 0.5) is 0 Å². The Labute approximate surface area is 542 Å². The Morgan fingerprint density at radius 3 is 1.06 bits per heavy atom. The summed E-state index contributed by atoms with van der Waals surface area (Å²) in [6.07, 6.45) is -61.5. The van der Waals surface area contributed by atoms with Crippen LogP contribution in [0.15, 0.2) is 0 Å². The van der Waals surface area contributed by atoms with Crippen LogP contribution < -0.4 is 21.3 Å². The fourth-order valence-electron chi connectivity index (χ4n) is 12.0. The standard InChI is InChI=1S/C53H87BrN4O36/c1-14(65)55-27-19(5-18(69)6-54)83-24(11-63)43(38(27)77)90-50-30(58-17(4)68)39(78)44(25(12-64)88-50)91-51-42(81)45(92-53-47(41(80)34(73)23(10-62)87-53)94-49-29(57-16(3)67)37(76)32(71)21(8-60)85-49)35(74)26(89-51)13-82-52-46(40(79)33(72)22(9-61)86-52)93-48-28(56-15(2)66)36(75)31(70)20(7-59)84-48/h19-53,59-64,70-81H,5-13H2,1-4H3,(H,55,65)(H,56,66)(H,57,67)(H,58,68)/t19-,20?,21?,22?,23?,24?,25?,26?,27?,28?,29?,30?,31+,32+,33+,34-,35+,36?,37+,38+,39+,40-,41?,42?,43+,44+,45-,46?,47-,48-,49-,50-,51-,52-,53-/m0/s1. The monoisotopic (exact) mass is 1430 g/mol. The molecule has 0 radical (unpaired) electrons. The van der Waals surface area contributed by atoms with Crippen LogP contribution in [0.25, 0.3) is 0 Å². The van der Waals surface area contributed by atoms with E-state index in [4.69, 9.17) is 61.6 Å². The molecule has 0 aliphatic carbocycles. The third-order valence-corrected chi connectivity index (χ3v) is 17.5. The minimum Gasteiger partial charge on any atom is -0.394 e. The number of ether oxygens (including phenoxy) is 13. The summed E-state index contributed by atoms with van der Waals surface area (Å²) in [5.41, 5.74) is 0. The average molecular weight is 1440 g/mol. The van der Waals surface area contributed by atoms with Crippen LogP contribution in [-0.4, -0.2) is 387 Å². The predicted octanol–water partition coefficient (Wildman–Crippen LogP) is -14.3. The molecule has 0 aromatic heterocycles. The van der Waals surface area contributed by atoms with Crippen molar-refractivity contribution in [1.82, 2.24) is 21.3 Å². The van der Waals surface area contributed by atoms with Gasteiger partial charge in [-0.05, 0) is 0 Å².